The molecule has 1 N–H and O–H groups in total. The van der Waals surface area contributed by atoms with Gasteiger partial charge >= 0.3 is 0 Å². The Morgan fingerprint density at radius 2 is 1.54 bits per heavy atom. The Balaban J connectivity index is 2.01. The highest BCUT2D eigenvalue weighted by Crippen LogP contribution is 2.30. The van der Waals surface area contributed by atoms with Crippen LogP contribution in [0.4, 0.5) is 5.69 Å². The summed E-state index contributed by atoms with van der Waals surface area (Å²) in [5.41, 5.74) is 1.44. The first kappa shape index (κ1) is 30.2. The highest BCUT2D eigenvalue weighted by atomic mass is 35.5. The summed E-state index contributed by atoms with van der Waals surface area (Å²) in [7, 11) is -4.14. The van der Waals surface area contributed by atoms with Crippen LogP contribution in [0, 0.1) is 6.92 Å². The maximum Gasteiger partial charge on any atom is 0.264 e. The molecule has 0 saturated carbocycles. The van der Waals surface area contributed by atoms with Crippen LogP contribution in [0.15, 0.2) is 83.8 Å². The number of rotatable bonds is 10. The van der Waals surface area contributed by atoms with Crippen LogP contribution >= 0.6 is 11.6 Å². The maximum absolute atomic E-state index is 13.9. The van der Waals surface area contributed by atoms with Crippen molar-refractivity contribution in [2.24, 2.45) is 0 Å². The first-order valence-corrected chi connectivity index (χ1v) is 14.6. The third-order valence-corrected chi connectivity index (χ3v) is 8.21. The zero-order valence-electron chi connectivity index (χ0n) is 23.0. The van der Waals surface area contributed by atoms with Gasteiger partial charge in [-0.05, 0) is 76.4 Å². The van der Waals surface area contributed by atoms with Crippen LogP contribution in [-0.4, -0.2) is 49.8 Å². The number of hydrogen-bond donors (Lipinski definition) is 1. The molecular weight excluding hydrogens is 534 g/mol. The molecule has 0 aliphatic rings. The van der Waals surface area contributed by atoms with Crippen LogP contribution in [0.1, 0.15) is 38.8 Å². The molecule has 7 nitrogen and oxygen atoms in total. The van der Waals surface area contributed by atoms with E-state index in [9.17, 15) is 18.0 Å². The minimum absolute atomic E-state index is 0.0477. The maximum atomic E-state index is 13.9. The Morgan fingerprint density at radius 1 is 0.949 bits per heavy atom. The second-order valence-corrected chi connectivity index (χ2v) is 12.8. The van der Waals surface area contributed by atoms with Gasteiger partial charge in [0.05, 0.1) is 10.6 Å². The van der Waals surface area contributed by atoms with E-state index in [4.69, 9.17) is 11.6 Å². The van der Waals surface area contributed by atoms with E-state index in [-0.39, 0.29) is 17.3 Å². The van der Waals surface area contributed by atoms with Crippen LogP contribution in [0.25, 0.3) is 0 Å². The highest BCUT2D eigenvalue weighted by Gasteiger charge is 2.33. The van der Waals surface area contributed by atoms with Gasteiger partial charge in [0.1, 0.15) is 12.6 Å². The molecule has 1 atom stereocenters. The minimum atomic E-state index is -4.14. The fourth-order valence-electron chi connectivity index (χ4n) is 4.13. The number of halogens is 1. The zero-order valence-corrected chi connectivity index (χ0v) is 24.6. The van der Waals surface area contributed by atoms with Crippen molar-refractivity contribution in [1.82, 2.24) is 10.2 Å². The molecule has 0 heterocycles. The van der Waals surface area contributed by atoms with Crippen LogP contribution in [-0.2, 0) is 26.0 Å². The lowest BCUT2D eigenvalue weighted by molar-refractivity contribution is -0.139. The largest absolute Gasteiger partial charge is 0.350 e. The van der Waals surface area contributed by atoms with E-state index in [0.29, 0.717) is 22.7 Å². The van der Waals surface area contributed by atoms with Gasteiger partial charge in [-0.3, -0.25) is 13.9 Å². The van der Waals surface area contributed by atoms with E-state index >= 15 is 0 Å². The smallest absolute Gasteiger partial charge is 0.264 e. The van der Waals surface area contributed by atoms with Crippen LogP contribution in [0.5, 0.6) is 0 Å². The van der Waals surface area contributed by atoms with Crippen molar-refractivity contribution in [2.45, 2.75) is 57.5 Å². The van der Waals surface area contributed by atoms with E-state index in [2.05, 4.69) is 5.32 Å². The predicted molar refractivity (Wildman–Crippen MR) is 156 cm³/mol. The number of nitrogens with one attached hydrogen (secondary N) is 1. The first-order valence-electron chi connectivity index (χ1n) is 12.8. The first-order chi connectivity index (χ1) is 18.3. The van der Waals surface area contributed by atoms with Crippen molar-refractivity contribution in [1.29, 1.82) is 0 Å². The molecule has 0 aliphatic carbocycles. The summed E-state index contributed by atoms with van der Waals surface area (Å²) in [5.74, 6) is -0.818. The molecule has 9 heteroatoms. The van der Waals surface area contributed by atoms with Crippen LogP contribution in [0.3, 0.4) is 0 Å². The summed E-state index contributed by atoms with van der Waals surface area (Å²) < 4.78 is 28.8. The Hall–Kier alpha value is -3.36. The summed E-state index contributed by atoms with van der Waals surface area (Å²) >= 11 is 6.26. The standard InChI is InChI=1S/C30H36ClN3O4S/c1-22-16-17-25(31)20-27(22)34(39(37,38)26-14-10-7-11-15-26)21-28(35)33(19-18-24-12-8-6-9-13-24)23(2)29(36)32-30(3,4)5/h6-17,20,23H,18-19,21H2,1-5H3,(H,32,36)/t23-/m0/s1. The number of aryl methyl sites for hydroxylation is 1. The Morgan fingerprint density at radius 3 is 2.13 bits per heavy atom. The van der Waals surface area contributed by atoms with Crippen LogP contribution < -0.4 is 9.62 Å². The van der Waals surface area contributed by atoms with E-state index in [1.807, 2.05) is 51.1 Å². The Bertz CT molecular complexity index is 1390. The number of carbonyl (C=O) groups excluding carboxylic acids is 2. The molecule has 0 aliphatic heterocycles. The van der Waals surface area contributed by atoms with Crippen molar-refractivity contribution in [3.63, 3.8) is 0 Å². The average molecular weight is 570 g/mol. The molecule has 0 fully saturated rings. The van der Waals surface area contributed by atoms with E-state index < -0.39 is 34.1 Å². The third kappa shape index (κ3) is 8.07. The molecule has 0 unspecified atom stereocenters. The van der Waals surface area contributed by atoms with Crippen molar-refractivity contribution in [3.8, 4) is 0 Å². The highest BCUT2D eigenvalue weighted by molar-refractivity contribution is 7.92. The second kappa shape index (κ2) is 12.7. The zero-order chi connectivity index (χ0) is 28.8. The molecule has 2 amide bonds. The molecule has 0 aromatic heterocycles. The molecule has 0 radical (unpaired) electrons. The van der Waals surface area contributed by atoms with Crippen molar-refractivity contribution >= 4 is 39.1 Å². The lowest BCUT2D eigenvalue weighted by Gasteiger charge is -2.33. The van der Waals surface area contributed by atoms with Crippen molar-refractivity contribution < 1.29 is 18.0 Å². The normalized spacial score (nSPS) is 12.5. The summed E-state index contributed by atoms with van der Waals surface area (Å²) in [5, 5.41) is 3.27. The van der Waals surface area contributed by atoms with Crippen LogP contribution in [0.2, 0.25) is 5.02 Å². The SMILES string of the molecule is Cc1ccc(Cl)cc1N(CC(=O)N(CCc1ccccc1)[C@@H](C)C(=O)NC(C)(C)C)S(=O)(=O)c1ccccc1. The molecule has 3 aromatic rings. The molecule has 39 heavy (non-hydrogen) atoms. The topological polar surface area (TPSA) is 86.8 Å². The number of carbonyl (C=O) groups is 2. The van der Waals surface area contributed by atoms with Gasteiger partial charge < -0.3 is 10.2 Å². The van der Waals surface area contributed by atoms with E-state index in [0.717, 1.165) is 9.87 Å². The number of benzene rings is 3. The number of hydrogen-bond acceptors (Lipinski definition) is 4. The summed E-state index contributed by atoms with van der Waals surface area (Å²) in [4.78, 5) is 28.6. The average Bonchev–Trinajstić information content (AvgIpc) is 2.89. The Labute approximate surface area is 236 Å². The van der Waals surface area contributed by atoms with Gasteiger partial charge in [0.2, 0.25) is 11.8 Å². The molecule has 3 rings (SSSR count). The van der Waals surface area contributed by atoms with Gasteiger partial charge in [0.15, 0.2) is 0 Å². The number of anilines is 1. The fourth-order valence-corrected chi connectivity index (χ4v) is 5.79. The predicted octanol–water partition coefficient (Wildman–Crippen LogP) is 5.22. The third-order valence-electron chi connectivity index (χ3n) is 6.20. The monoisotopic (exact) mass is 569 g/mol. The van der Waals surface area contributed by atoms with Gasteiger partial charge in [-0.2, -0.15) is 0 Å². The minimum Gasteiger partial charge on any atom is -0.350 e. The van der Waals surface area contributed by atoms with Gasteiger partial charge in [-0.25, -0.2) is 8.42 Å². The van der Waals surface area contributed by atoms with Gasteiger partial charge in [0.25, 0.3) is 10.0 Å². The number of sulfonamides is 1. The quantitative estimate of drug-likeness (QED) is 0.363. The lowest BCUT2D eigenvalue weighted by Crippen LogP contribution is -2.55. The number of nitrogens with zero attached hydrogens (tertiary/aromatic N) is 2. The lowest BCUT2D eigenvalue weighted by atomic mass is 10.1. The summed E-state index contributed by atoms with van der Waals surface area (Å²) in [6.07, 6.45) is 0.501. The molecule has 0 saturated heterocycles. The second-order valence-electron chi connectivity index (χ2n) is 10.5. The van der Waals surface area contributed by atoms with Gasteiger partial charge in [-0.1, -0.05) is 66.2 Å². The molecule has 0 spiro atoms. The number of amides is 2. The molecule has 208 valence electrons. The Kier molecular flexibility index (Phi) is 9.80. The molecule has 0 bridgehead atoms. The van der Waals surface area contributed by atoms with Crippen molar-refractivity contribution in [2.75, 3.05) is 17.4 Å². The fraction of sp³-hybridized carbons (Fsp3) is 0.333. The van der Waals surface area contributed by atoms with E-state index in [1.54, 1.807) is 44.2 Å². The van der Waals surface area contributed by atoms with Gasteiger partial charge in [-0.15, -0.1) is 0 Å². The summed E-state index contributed by atoms with van der Waals surface area (Å²) in [6.45, 7) is 8.74. The summed E-state index contributed by atoms with van der Waals surface area (Å²) in [6, 6.07) is 21.7. The van der Waals surface area contributed by atoms with Gasteiger partial charge in [0, 0.05) is 17.1 Å². The molecule has 3 aromatic carbocycles. The van der Waals surface area contributed by atoms with Crippen molar-refractivity contribution in [3.05, 3.63) is 95.0 Å². The van der Waals surface area contributed by atoms with E-state index in [1.165, 1.54) is 23.1 Å². The molecular formula is C30H36ClN3O4S.